The van der Waals surface area contributed by atoms with Crippen molar-refractivity contribution >= 4 is 39.3 Å². The fraction of sp³-hybridized carbons (Fsp3) is 0.0769. The van der Waals surface area contributed by atoms with Crippen LogP contribution in [0.2, 0.25) is 5.02 Å². The summed E-state index contributed by atoms with van der Waals surface area (Å²) in [5.41, 5.74) is 4.41. The normalized spacial score (nSPS) is 11.5. The molecule has 0 fully saturated rings. The molecule has 1 heterocycles. The summed E-state index contributed by atoms with van der Waals surface area (Å²) in [4.78, 5) is 6.67. The van der Waals surface area contributed by atoms with Gasteiger partial charge in [0.05, 0.1) is 4.90 Å². The maximum Gasteiger partial charge on any atom is 0.238 e. The van der Waals surface area contributed by atoms with Gasteiger partial charge in [0.1, 0.15) is 11.6 Å². The number of primary sulfonamides is 1. The molecule has 176 valence electrons. The fourth-order valence-corrected chi connectivity index (χ4v) is 4.21. The first-order valence-corrected chi connectivity index (χ1v) is 12.5. The molecule has 1 aromatic heterocycles. The summed E-state index contributed by atoms with van der Waals surface area (Å²) < 4.78 is 25.1. The minimum absolute atomic E-state index is 0.00197. The van der Waals surface area contributed by atoms with Crippen LogP contribution in [0.15, 0.2) is 88.9 Å². The summed E-state index contributed by atoms with van der Waals surface area (Å²) in [6.45, 7) is 0. The SMILES string of the molecule is CN(C)c1ccc(/C=N/c2c(C#N)c(-c3ccc(Cl)cc3)cn2-c2ccc(S(N)(=O)=O)cc2)cc1. The Bertz CT molecular complexity index is 1530. The van der Waals surface area contributed by atoms with E-state index in [1.54, 1.807) is 41.2 Å². The number of aromatic nitrogens is 1. The molecule has 0 aliphatic rings. The lowest BCUT2D eigenvalue weighted by molar-refractivity contribution is 0.598. The van der Waals surface area contributed by atoms with Crippen molar-refractivity contribution in [2.24, 2.45) is 10.1 Å². The Balaban J connectivity index is 1.85. The number of nitrogens with zero attached hydrogens (tertiary/aromatic N) is 4. The summed E-state index contributed by atoms with van der Waals surface area (Å²) in [5.74, 6) is 0.414. The molecule has 2 N–H and O–H groups in total. The molecule has 0 aliphatic heterocycles. The number of nitrogens with two attached hydrogens (primary N) is 1. The van der Waals surface area contributed by atoms with Gasteiger partial charge in [-0.2, -0.15) is 5.26 Å². The topological polar surface area (TPSA) is 104 Å². The van der Waals surface area contributed by atoms with Crippen LogP contribution >= 0.6 is 11.6 Å². The second-order valence-electron chi connectivity index (χ2n) is 8.01. The number of nitriles is 1. The van der Waals surface area contributed by atoms with Crippen molar-refractivity contribution in [3.8, 4) is 22.9 Å². The molecule has 3 aromatic carbocycles. The van der Waals surface area contributed by atoms with E-state index >= 15 is 0 Å². The van der Waals surface area contributed by atoms with Crippen LogP contribution < -0.4 is 10.0 Å². The second-order valence-corrected chi connectivity index (χ2v) is 10.0. The molecule has 0 unspecified atom stereocenters. The highest BCUT2D eigenvalue weighted by Gasteiger charge is 2.18. The van der Waals surface area contributed by atoms with Gasteiger partial charge < -0.3 is 9.47 Å². The summed E-state index contributed by atoms with van der Waals surface area (Å²) in [7, 11) is 0.104. The maximum atomic E-state index is 11.7. The van der Waals surface area contributed by atoms with Gasteiger partial charge in [0, 0.05) is 48.5 Å². The van der Waals surface area contributed by atoms with Gasteiger partial charge in [0.15, 0.2) is 5.82 Å². The van der Waals surface area contributed by atoms with E-state index in [0.717, 1.165) is 16.8 Å². The largest absolute Gasteiger partial charge is 0.378 e. The van der Waals surface area contributed by atoms with E-state index in [2.05, 4.69) is 11.1 Å². The van der Waals surface area contributed by atoms with Crippen LogP contribution in [0.5, 0.6) is 0 Å². The first-order chi connectivity index (χ1) is 16.7. The van der Waals surface area contributed by atoms with Crippen molar-refractivity contribution < 1.29 is 8.42 Å². The summed E-state index contributed by atoms with van der Waals surface area (Å²) in [5, 5.41) is 15.9. The van der Waals surface area contributed by atoms with E-state index in [1.807, 2.05) is 55.4 Å². The van der Waals surface area contributed by atoms with E-state index < -0.39 is 10.0 Å². The van der Waals surface area contributed by atoms with Crippen LogP contribution in [0, 0.1) is 11.3 Å². The summed E-state index contributed by atoms with van der Waals surface area (Å²) >= 11 is 6.05. The Morgan fingerprint density at radius 1 is 1.00 bits per heavy atom. The Morgan fingerprint density at radius 2 is 1.63 bits per heavy atom. The quantitative estimate of drug-likeness (QED) is 0.368. The van der Waals surface area contributed by atoms with Gasteiger partial charge in [-0.05, 0) is 59.7 Å². The third-order valence-electron chi connectivity index (χ3n) is 5.44. The molecule has 0 saturated heterocycles. The number of hydrogen-bond acceptors (Lipinski definition) is 5. The molecule has 0 amide bonds. The number of sulfonamides is 1. The zero-order valence-electron chi connectivity index (χ0n) is 19.1. The molecular weight excluding hydrogens is 482 g/mol. The lowest BCUT2D eigenvalue weighted by Crippen LogP contribution is -2.11. The molecule has 7 nitrogen and oxygen atoms in total. The Kier molecular flexibility index (Phi) is 6.76. The molecule has 9 heteroatoms. The Hall–Kier alpha value is -3.90. The molecule has 0 atom stereocenters. The number of benzene rings is 3. The molecule has 4 aromatic rings. The van der Waals surface area contributed by atoms with E-state index in [-0.39, 0.29) is 4.90 Å². The molecule has 4 rings (SSSR count). The zero-order valence-corrected chi connectivity index (χ0v) is 20.6. The molecule has 0 spiro atoms. The fourth-order valence-electron chi connectivity index (χ4n) is 3.57. The number of hydrogen-bond donors (Lipinski definition) is 1. The third-order valence-corrected chi connectivity index (χ3v) is 6.62. The van der Waals surface area contributed by atoms with E-state index in [0.29, 0.717) is 27.7 Å². The monoisotopic (exact) mass is 503 g/mol. The first-order valence-electron chi connectivity index (χ1n) is 10.5. The van der Waals surface area contributed by atoms with Gasteiger partial charge in [-0.25, -0.2) is 18.5 Å². The van der Waals surface area contributed by atoms with Crippen LogP contribution in [-0.4, -0.2) is 33.3 Å². The van der Waals surface area contributed by atoms with Gasteiger partial charge in [0.2, 0.25) is 10.0 Å². The number of halogens is 1. The Labute approximate surface area is 209 Å². The van der Waals surface area contributed by atoms with Crippen LogP contribution in [0.3, 0.4) is 0 Å². The molecule has 0 saturated carbocycles. The van der Waals surface area contributed by atoms with Gasteiger partial charge in [0.25, 0.3) is 0 Å². The first kappa shape index (κ1) is 24.2. The maximum absolute atomic E-state index is 11.7. The van der Waals surface area contributed by atoms with E-state index in [4.69, 9.17) is 16.7 Å². The van der Waals surface area contributed by atoms with Gasteiger partial charge in [-0.1, -0.05) is 35.9 Å². The molecular formula is C26H22ClN5O2S. The molecule has 0 radical (unpaired) electrons. The number of aliphatic imine (C=N–C) groups is 1. The van der Waals surface area contributed by atoms with Gasteiger partial charge in [-0.15, -0.1) is 0 Å². The average Bonchev–Trinajstić information content (AvgIpc) is 3.21. The highest BCUT2D eigenvalue weighted by Crippen LogP contribution is 2.36. The highest BCUT2D eigenvalue weighted by atomic mass is 35.5. The molecule has 35 heavy (non-hydrogen) atoms. The summed E-state index contributed by atoms with van der Waals surface area (Å²) in [6, 6.07) is 23.4. The van der Waals surface area contributed by atoms with Crippen molar-refractivity contribution in [2.45, 2.75) is 4.90 Å². The number of anilines is 1. The van der Waals surface area contributed by atoms with Crippen LogP contribution in [0.25, 0.3) is 16.8 Å². The van der Waals surface area contributed by atoms with Gasteiger partial charge >= 0.3 is 0 Å². The standard InChI is InChI=1S/C26H22ClN5O2S/c1-31(2)21-9-3-18(4-10-21)16-30-26-24(15-28)25(19-5-7-20(27)8-6-19)17-32(26)22-11-13-23(14-12-22)35(29,33)34/h3-14,16-17H,1-2H3,(H2,29,33,34)/b30-16+. The van der Waals surface area contributed by atoms with Gasteiger partial charge in [-0.3, -0.25) is 0 Å². The second kappa shape index (κ2) is 9.76. The molecule has 0 aliphatic carbocycles. The van der Waals surface area contributed by atoms with Crippen LogP contribution in [0.1, 0.15) is 11.1 Å². The smallest absolute Gasteiger partial charge is 0.238 e. The lowest BCUT2D eigenvalue weighted by atomic mass is 10.1. The van der Waals surface area contributed by atoms with Crippen molar-refractivity contribution in [1.29, 1.82) is 5.26 Å². The summed E-state index contributed by atoms with van der Waals surface area (Å²) in [6.07, 6.45) is 3.49. The number of rotatable bonds is 6. The van der Waals surface area contributed by atoms with Crippen LogP contribution in [0.4, 0.5) is 11.5 Å². The third kappa shape index (κ3) is 5.28. The van der Waals surface area contributed by atoms with E-state index in [9.17, 15) is 13.7 Å². The van der Waals surface area contributed by atoms with Crippen molar-refractivity contribution in [3.05, 3.63) is 95.1 Å². The zero-order chi connectivity index (χ0) is 25.2. The van der Waals surface area contributed by atoms with Crippen molar-refractivity contribution in [2.75, 3.05) is 19.0 Å². The predicted octanol–water partition coefficient (Wildman–Crippen LogP) is 5.13. The minimum Gasteiger partial charge on any atom is -0.378 e. The Morgan fingerprint density at radius 3 is 2.17 bits per heavy atom. The van der Waals surface area contributed by atoms with Crippen molar-refractivity contribution in [3.63, 3.8) is 0 Å². The minimum atomic E-state index is -3.83. The lowest BCUT2D eigenvalue weighted by Gasteiger charge is -2.11. The highest BCUT2D eigenvalue weighted by molar-refractivity contribution is 7.89. The predicted molar refractivity (Wildman–Crippen MR) is 140 cm³/mol. The average molecular weight is 504 g/mol. The van der Waals surface area contributed by atoms with Crippen LogP contribution in [-0.2, 0) is 10.0 Å². The van der Waals surface area contributed by atoms with E-state index in [1.165, 1.54) is 12.1 Å². The molecule has 0 bridgehead atoms. The van der Waals surface area contributed by atoms with Crippen molar-refractivity contribution in [1.82, 2.24) is 4.57 Å².